The van der Waals surface area contributed by atoms with E-state index in [1.807, 2.05) is 12.1 Å². The minimum absolute atomic E-state index is 0.492. The average molecular weight is 281 g/mol. The van der Waals surface area contributed by atoms with Crippen LogP contribution in [0.2, 0.25) is 0 Å². The number of hydrogen-bond donors (Lipinski definition) is 1. The summed E-state index contributed by atoms with van der Waals surface area (Å²) in [6.07, 6.45) is 2.27. The van der Waals surface area contributed by atoms with Gasteiger partial charge in [0.1, 0.15) is 5.75 Å². The Morgan fingerprint density at radius 3 is 2.62 bits per heavy atom. The van der Waals surface area contributed by atoms with Gasteiger partial charge in [0.25, 0.3) is 0 Å². The molecule has 0 heterocycles. The van der Waals surface area contributed by atoms with Crippen LogP contribution in [0.15, 0.2) is 48.5 Å². The summed E-state index contributed by atoms with van der Waals surface area (Å²) in [4.78, 5) is 0. The van der Waals surface area contributed by atoms with Crippen molar-refractivity contribution in [1.82, 2.24) is 5.32 Å². The predicted molar refractivity (Wildman–Crippen MR) is 87.0 cm³/mol. The van der Waals surface area contributed by atoms with Gasteiger partial charge in [-0.05, 0) is 48.6 Å². The quantitative estimate of drug-likeness (QED) is 0.874. The van der Waals surface area contributed by atoms with Crippen LogP contribution in [0, 0.1) is 0 Å². The Morgan fingerprint density at radius 2 is 1.90 bits per heavy atom. The van der Waals surface area contributed by atoms with Gasteiger partial charge in [0.05, 0.1) is 7.11 Å². The fourth-order valence-corrected chi connectivity index (χ4v) is 3.08. The maximum Gasteiger partial charge on any atom is 0.118 e. The lowest BCUT2D eigenvalue weighted by atomic mass is 9.77. The third-order valence-corrected chi connectivity index (χ3v) is 4.37. The van der Waals surface area contributed by atoms with Crippen LogP contribution >= 0.6 is 0 Å². The highest BCUT2D eigenvalue weighted by molar-refractivity contribution is 5.40. The largest absolute Gasteiger partial charge is 0.497 e. The molecule has 0 aliphatic heterocycles. The molecule has 3 rings (SSSR count). The molecule has 1 aliphatic rings. The summed E-state index contributed by atoms with van der Waals surface area (Å²) < 4.78 is 5.19. The van der Waals surface area contributed by atoms with Crippen molar-refractivity contribution in [1.29, 1.82) is 0 Å². The maximum absolute atomic E-state index is 5.19. The Hall–Kier alpha value is -1.80. The molecule has 0 amide bonds. The highest BCUT2D eigenvalue weighted by atomic mass is 16.5. The van der Waals surface area contributed by atoms with Gasteiger partial charge < -0.3 is 10.1 Å². The number of nitrogens with one attached hydrogen (secondary N) is 1. The highest BCUT2D eigenvalue weighted by Gasteiger charge is 2.25. The molecule has 2 unspecified atom stereocenters. The van der Waals surface area contributed by atoms with Gasteiger partial charge in [0, 0.05) is 18.5 Å². The van der Waals surface area contributed by atoms with Crippen molar-refractivity contribution in [3.8, 4) is 5.75 Å². The summed E-state index contributed by atoms with van der Waals surface area (Å²) in [5.41, 5.74) is 4.40. The number of benzene rings is 2. The Labute approximate surface area is 127 Å². The van der Waals surface area contributed by atoms with Crippen molar-refractivity contribution in [3.05, 3.63) is 65.2 Å². The zero-order chi connectivity index (χ0) is 14.7. The second kappa shape index (κ2) is 6.31. The Balaban J connectivity index is 1.48. The molecule has 110 valence electrons. The third kappa shape index (κ3) is 3.27. The first-order valence-electron chi connectivity index (χ1n) is 7.70. The summed E-state index contributed by atoms with van der Waals surface area (Å²) in [5.74, 6) is 1.62. The number of rotatable bonds is 6. The Kier molecular flexibility index (Phi) is 4.26. The van der Waals surface area contributed by atoms with Crippen LogP contribution in [0.3, 0.4) is 0 Å². The average Bonchev–Trinajstić information content (AvgIpc) is 2.49. The van der Waals surface area contributed by atoms with E-state index in [0.29, 0.717) is 12.0 Å². The molecule has 2 atom stereocenters. The molecule has 2 aromatic rings. The molecule has 0 saturated heterocycles. The van der Waals surface area contributed by atoms with E-state index in [0.717, 1.165) is 18.7 Å². The van der Waals surface area contributed by atoms with Crippen molar-refractivity contribution in [2.75, 3.05) is 13.7 Å². The molecular formula is C19H23NO. The molecule has 2 nitrogen and oxygen atoms in total. The van der Waals surface area contributed by atoms with Gasteiger partial charge >= 0.3 is 0 Å². The van der Waals surface area contributed by atoms with E-state index < -0.39 is 0 Å². The Morgan fingerprint density at radius 1 is 1.14 bits per heavy atom. The van der Waals surface area contributed by atoms with Crippen molar-refractivity contribution in [2.45, 2.75) is 31.7 Å². The molecule has 0 radical (unpaired) electrons. The molecule has 0 bridgehead atoms. The topological polar surface area (TPSA) is 21.3 Å². The standard InChI is InChI=1S/C19H23NO/c1-14(11-15-7-9-18(21-2)10-8-15)20-13-17-12-16-5-3-4-6-19(16)17/h3-10,14,17,20H,11-13H2,1-2H3. The monoisotopic (exact) mass is 281 g/mol. The smallest absolute Gasteiger partial charge is 0.118 e. The Bertz CT molecular complexity index is 591. The first-order valence-corrected chi connectivity index (χ1v) is 7.70. The summed E-state index contributed by atoms with van der Waals surface area (Å²) >= 11 is 0. The minimum atomic E-state index is 0.492. The number of hydrogen-bond acceptors (Lipinski definition) is 2. The molecule has 2 aromatic carbocycles. The third-order valence-electron chi connectivity index (χ3n) is 4.37. The number of methoxy groups -OCH3 is 1. The lowest BCUT2D eigenvalue weighted by Gasteiger charge is -2.31. The van der Waals surface area contributed by atoms with Crippen molar-refractivity contribution in [3.63, 3.8) is 0 Å². The summed E-state index contributed by atoms with van der Waals surface area (Å²) in [5, 5.41) is 3.67. The van der Waals surface area contributed by atoms with Gasteiger partial charge in [0.15, 0.2) is 0 Å². The van der Waals surface area contributed by atoms with Gasteiger partial charge in [-0.15, -0.1) is 0 Å². The number of fused-ring (bicyclic) bond motifs is 1. The molecule has 2 heteroatoms. The van der Waals surface area contributed by atoms with Crippen molar-refractivity contribution < 1.29 is 4.74 Å². The summed E-state index contributed by atoms with van der Waals surface area (Å²) in [6, 6.07) is 17.6. The van der Waals surface area contributed by atoms with Crippen LogP contribution in [0.5, 0.6) is 5.75 Å². The molecule has 0 aromatic heterocycles. The van der Waals surface area contributed by atoms with Gasteiger partial charge in [-0.2, -0.15) is 0 Å². The van der Waals surface area contributed by atoms with E-state index >= 15 is 0 Å². The normalized spacial score (nSPS) is 17.7. The van der Waals surface area contributed by atoms with Gasteiger partial charge in [-0.1, -0.05) is 36.4 Å². The van der Waals surface area contributed by atoms with Gasteiger partial charge in [-0.25, -0.2) is 0 Å². The SMILES string of the molecule is COc1ccc(CC(C)NCC2Cc3ccccc32)cc1. The zero-order valence-electron chi connectivity index (χ0n) is 12.8. The van der Waals surface area contributed by atoms with Crippen LogP contribution < -0.4 is 10.1 Å². The second-order valence-electron chi connectivity index (χ2n) is 5.96. The summed E-state index contributed by atoms with van der Waals surface area (Å²) in [6.45, 7) is 3.34. The van der Waals surface area contributed by atoms with Crippen LogP contribution in [0.1, 0.15) is 29.5 Å². The highest BCUT2D eigenvalue weighted by Crippen LogP contribution is 2.34. The van der Waals surface area contributed by atoms with E-state index in [9.17, 15) is 0 Å². The van der Waals surface area contributed by atoms with Gasteiger partial charge in [-0.3, -0.25) is 0 Å². The van der Waals surface area contributed by atoms with Crippen LogP contribution in [0.4, 0.5) is 0 Å². The number of ether oxygens (including phenoxy) is 1. The minimum Gasteiger partial charge on any atom is -0.497 e. The van der Waals surface area contributed by atoms with E-state index in [4.69, 9.17) is 4.74 Å². The van der Waals surface area contributed by atoms with Gasteiger partial charge in [0.2, 0.25) is 0 Å². The summed E-state index contributed by atoms with van der Waals surface area (Å²) in [7, 11) is 1.70. The predicted octanol–water partition coefficient (Wildman–Crippen LogP) is 3.56. The second-order valence-corrected chi connectivity index (χ2v) is 5.96. The lowest BCUT2D eigenvalue weighted by Crippen LogP contribution is -2.35. The van der Waals surface area contributed by atoms with Crippen LogP contribution in [-0.4, -0.2) is 19.7 Å². The fraction of sp³-hybridized carbons (Fsp3) is 0.368. The molecule has 1 aliphatic carbocycles. The zero-order valence-corrected chi connectivity index (χ0v) is 12.8. The first kappa shape index (κ1) is 14.2. The van der Waals surface area contributed by atoms with Crippen LogP contribution in [0.25, 0.3) is 0 Å². The molecule has 0 saturated carbocycles. The lowest BCUT2D eigenvalue weighted by molar-refractivity contribution is 0.414. The molecule has 1 N–H and O–H groups in total. The molecule has 0 spiro atoms. The molecular weight excluding hydrogens is 258 g/mol. The van der Waals surface area contributed by atoms with E-state index in [1.165, 1.54) is 23.1 Å². The van der Waals surface area contributed by atoms with E-state index in [2.05, 4.69) is 48.6 Å². The van der Waals surface area contributed by atoms with Crippen molar-refractivity contribution >= 4 is 0 Å². The molecule has 21 heavy (non-hydrogen) atoms. The van der Waals surface area contributed by atoms with E-state index in [-0.39, 0.29) is 0 Å². The fourth-order valence-electron chi connectivity index (χ4n) is 3.08. The van der Waals surface area contributed by atoms with Crippen molar-refractivity contribution in [2.24, 2.45) is 0 Å². The first-order chi connectivity index (χ1) is 10.3. The van der Waals surface area contributed by atoms with Crippen LogP contribution in [-0.2, 0) is 12.8 Å². The maximum atomic E-state index is 5.19. The van der Waals surface area contributed by atoms with E-state index in [1.54, 1.807) is 7.11 Å². The molecule has 0 fully saturated rings.